The van der Waals surface area contributed by atoms with Gasteiger partial charge in [0.05, 0.1) is 18.0 Å². The van der Waals surface area contributed by atoms with Crippen LogP contribution in [0.2, 0.25) is 5.02 Å². The van der Waals surface area contributed by atoms with Gasteiger partial charge in [-0.15, -0.1) is 0 Å². The zero-order valence-corrected chi connectivity index (χ0v) is 12.6. The fourth-order valence-electron chi connectivity index (χ4n) is 2.77. The third-order valence-corrected chi connectivity index (χ3v) is 4.02. The number of rotatable bonds is 5. The molecule has 0 bridgehead atoms. The highest BCUT2D eigenvalue weighted by atomic mass is 35.5. The molecule has 1 heterocycles. The van der Waals surface area contributed by atoms with Gasteiger partial charge < -0.3 is 15.4 Å². The van der Waals surface area contributed by atoms with Gasteiger partial charge in [-0.05, 0) is 48.7 Å². The van der Waals surface area contributed by atoms with Crippen LogP contribution in [0.4, 0.5) is 11.4 Å². The van der Waals surface area contributed by atoms with E-state index in [0.717, 1.165) is 42.4 Å². The van der Waals surface area contributed by atoms with Gasteiger partial charge in [-0.2, -0.15) is 0 Å². The normalized spacial score (nSPS) is 13.3. The van der Waals surface area contributed by atoms with Crippen LogP contribution in [0.25, 0.3) is 0 Å². The number of hydrogen-bond donors (Lipinski definition) is 1. The Morgan fingerprint density at radius 1 is 1.14 bits per heavy atom. The van der Waals surface area contributed by atoms with E-state index in [1.54, 1.807) is 0 Å². The van der Waals surface area contributed by atoms with E-state index in [2.05, 4.69) is 11.0 Å². The van der Waals surface area contributed by atoms with Gasteiger partial charge in [0.15, 0.2) is 0 Å². The molecule has 1 aliphatic rings. The van der Waals surface area contributed by atoms with Crippen LogP contribution < -0.4 is 15.4 Å². The molecule has 110 valence electrons. The number of para-hydroxylation sites is 1. The molecule has 0 amide bonds. The lowest BCUT2D eigenvalue weighted by molar-refractivity contribution is 0.312. The summed E-state index contributed by atoms with van der Waals surface area (Å²) in [4.78, 5) is 2.36. The zero-order chi connectivity index (χ0) is 14.7. The summed E-state index contributed by atoms with van der Waals surface area (Å²) in [6, 6.07) is 13.6. The van der Waals surface area contributed by atoms with Gasteiger partial charge in [0.1, 0.15) is 5.75 Å². The summed E-state index contributed by atoms with van der Waals surface area (Å²) >= 11 is 5.85. The van der Waals surface area contributed by atoms with Crippen molar-refractivity contribution in [3.05, 3.63) is 53.1 Å². The molecule has 0 unspecified atom stereocenters. The maximum absolute atomic E-state index is 6.09. The molecular weight excluding hydrogens is 284 g/mol. The van der Waals surface area contributed by atoms with Gasteiger partial charge in [-0.3, -0.25) is 0 Å². The van der Waals surface area contributed by atoms with Gasteiger partial charge in [-0.1, -0.05) is 23.7 Å². The molecule has 0 spiro atoms. The Morgan fingerprint density at radius 3 is 2.76 bits per heavy atom. The number of nitrogens with two attached hydrogens (primary N) is 1. The average molecular weight is 303 g/mol. The fraction of sp³-hybridized carbons (Fsp3) is 0.294. The van der Waals surface area contributed by atoms with E-state index < -0.39 is 0 Å². The largest absolute Gasteiger partial charge is 0.494 e. The summed E-state index contributed by atoms with van der Waals surface area (Å²) < 4.78 is 5.72. The van der Waals surface area contributed by atoms with Crippen molar-refractivity contribution in [3.63, 3.8) is 0 Å². The second-order valence-electron chi connectivity index (χ2n) is 5.25. The van der Waals surface area contributed by atoms with E-state index in [0.29, 0.717) is 6.61 Å². The molecule has 2 aromatic carbocycles. The zero-order valence-electron chi connectivity index (χ0n) is 11.9. The summed E-state index contributed by atoms with van der Waals surface area (Å²) in [5, 5.41) is 0.728. The highest BCUT2D eigenvalue weighted by Crippen LogP contribution is 2.33. The third-order valence-electron chi connectivity index (χ3n) is 3.77. The van der Waals surface area contributed by atoms with Gasteiger partial charge in [-0.25, -0.2) is 0 Å². The van der Waals surface area contributed by atoms with E-state index in [1.165, 1.54) is 11.3 Å². The van der Waals surface area contributed by atoms with Crippen LogP contribution >= 0.6 is 11.6 Å². The van der Waals surface area contributed by atoms with Crippen molar-refractivity contribution in [2.24, 2.45) is 0 Å². The molecule has 21 heavy (non-hydrogen) atoms. The molecule has 0 aliphatic carbocycles. The van der Waals surface area contributed by atoms with E-state index in [-0.39, 0.29) is 0 Å². The Morgan fingerprint density at radius 2 is 1.95 bits per heavy atom. The maximum atomic E-state index is 6.09. The minimum atomic E-state index is 0.695. The molecular formula is C17H19ClN2O. The number of ether oxygens (including phenoxy) is 1. The smallest absolute Gasteiger partial charge is 0.119 e. The first-order valence-electron chi connectivity index (χ1n) is 7.25. The lowest BCUT2D eigenvalue weighted by atomic mass is 10.1. The van der Waals surface area contributed by atoms with E-state index >= 15 is 0 Å². The third kappa shape index (κ3) is 3.24. The van der Waals surface area contributed by atoms with Crippen LogP contribution in [0, 0.1) is 0 Å². The molecule has 2 N–H and O–H groups in total. The summed E-state index contributed by atoms with van der Waals surface area (Å²) in [6.45, 7) is 2.71. The first-order valence-corrected chi connectivity index (χ1v) is 7.62. The first-order chi connectivity index (χ1) is 10.2. The van der Waals surface area contributed by atoms with Gasteiger partial charge in [0, 0.05) is 18.1 Å². The quantitative estimate of drug-likeness (QED) is 0.675. The summed E-state index contributed by atoms with van der Waals surface area (Å²) in [6.07, 6.45) is 2.05. The van der Waals surface area contributed by atoms with E-state index in [9.17, 15) is 0 Å². The summed E-state index contributed by atoms with van der Waals surface area (Å²) in [7, 11) is 0. The van der Waals surface area contributed by atoms with Crippen molar-refractivity contribution in [1.29, 1.82) is 0 Å². The van der Waals surface area contributed by atoms with Crippen molar-refractivity contribution in [2.45, 2.75) is 12.8 Å². The second-order valence-corrected chi connectivity index (χ2v) is 5.68. The summed E-state index contributed by atoms with van der Waals surface area (Å²) in [5.74, 6) is 0.862. The Balaban J connectivity index is 1.50. The standard InChI is InChI=1S/C17H19ClN2O/c18-14-5-7-15(8-6-14)21-12-2-10-20-11-9-13-3-1-4-16(19)17(13)20/h1,3-8H,2,9-12,19H2. The highest BCUT2D eigenvalue weighted by molar-refractivity contribution is 6.30. The first kappa shape index (κ1) is 14.1. The van der Waals surface area contributed by atoms with Crippen molar-refractivity contribution >= 4 is 23.0 Å². The Labute approximate surface area is 130 Å². The summed E-state index contributed by atoms with van der Waals surface area (Å²) in [5.41, 5.74) is 9.53. The molecule has 0 radical (unpaired) electrons. The molecule has 0 saturated heterocycles. The Bertz CT molecular complexity index is 613. The lowest BCUT2D eigenvalue weighted by Crippen LogP contribution is -2.24. The number of anilines is 2. The average Bonchev–Trinajstić information content (AvgIpc) is 2.90. The highest BCUT2D eigenvalue weighted by Gasteiger charge is 2.20. The number of nitrogen functional groups attached to an aromatic ring is 1. The van der Waals surface area contributed by atoms with E-state index in [1.807, 2.05) is 36.4 Å². The fourth-order valence-corrected chi connectivity index (χ4v) is 2.89. The molecule has 0 fully saturated rings. The number of hydrogen-bond acceptors (Lipinski definition) is 3. The van der Waals surface area contributed by atoms with E-state index in [4.69, 9.17) is 22.1 Å². The molecule has 3 nitrogen and oxygen atoms in total. The monoisotopic (exact) mass is 302 g/mol. The molecule has 1 aliphatic heterocycles. The Kier molecular flexibility index (Phi) is 4.20. The molecule has 0 atom stereocenters. The van der Waals surface area contributed by atoms with Gasteiger partial charge in [0.25, 0.3) is 0 Å². The predicted molar refractivity (Wildman–Crippen MR) is 88.3 cm³/mol. The number of halogens is 1. The van der Waals surface area contributed by atoms with Crippen molar-refractivity contribution in [3.8, 4) is 5.75 Å². The minimum absolute atomic E-state index is 0.695. The number of nitrogens with zero attached hydrogens (tertiary/aromatic N) is 1. The van der Waals surface area contributed by atoms with Crippen LogP contribution in [0.5, 0.6) is 5.75 Å². The minimum Gasteiger partial charge on any atom is -0.494 e. The maximum Gasteiger partial charge on any atom is 0.119 e. The predicted octanol–water partition coefficient (Wildman–Crippen LogP) is 3.75. The van der Waals surface area contributed by atoms with Crippen LogP contribution in [-0.2, 0) is 6.42 Å². The lowest BCUT2D eigenvalue weighted by Gasteiger charge is -2.20. The van der Waals surface area contributed by atoms with Crippen LogP contribution in [0.15, 0.2) is 42.5 Å². The van der Waals surface area contributed by atoms with Crippen molar-refractivity contribution in [2.75, 3.05) is 30.3 Å². The molecule has 4 heteroatoms. The van der Waals surface area contributed by atoms with Crippen LogP contribution in [-0.4, -0.2) is 19.7 Å². The second kappa shape index (κ2) is 6.27. The number of fused-ring (bicyclic) bond motifs is 1. The van der Waals surface area contributed by atoms with Gasteiger partial charge in [0.2, 0.25) is 0 Å². The molecule has 2 aromatic rings. The SMILES string of the molecule is Nc1cccc2c1N(CCCOc1ccc(Cl)cc1)CC2. The van der Waals surface area contributed by atoms with Crippen LogP contribution in [0.3, 0.4) is 0 Å². The molecule has 0 saturated carbocycles. The van der Waals surface area contributed by atoms with Gasteiger partial charge >= 0.3 is 0 Å². The van der Waals surface area contributed by atoms with Crippen molar-refractivity contribution < 1.29 is 4.74 Å². The molecule has 3 rings (SSSR count). The van der Waals surface area contributed by atoms with Crippen LogP contribution in [0.1, 0.15) is 12.0 Å². The number of benzene rings is 2. The Hall–Kier alpha value is -1.87. The van der Waals surface area contributed by atoms with Crippen molar-refractivity contribution in [1.82, 2.24) is 0 Å². The molecule has 0 aromatic heterocycles. The topological polar surface area (TPSA) is 38.5 Å².